The zero-order valence-electron chi connectivity index (χ0n) is 16.0. The molecule has 2 amide bonds. The van der Waals surface area contributed by atoms with Crippen LogP contribution in [0, 0.1) is 11.8 Å². The van der Waals surface area contributed by atoms with Crippen LogP contribution in [0.4, 0.5) is 0 Å². The van der Waals surface area contributed by atoms with E-state index in [0.29, 0.717) is 32.8 Å². The first-order valence-corrected chi connectivity index (χ1v) is 9.41. The third-order valence-electron chi connectivity index (χ3n) is 5.85. The van der Waals surface area contributed by atoms with E-state index in [1.807, 2.05) is 36.9 Å². The molecule has 0 saturated carbocycles. The molecule has 1 aromatic rings. The Morgan fingerprint density at radius 1 is 1.52 bits per heavy atom. The minimum Gasteiger partial charge on any atom is -0.380 e. The lowest BCUT2D eigenvalue weighted by Gasteiger charge is -2.27. The van der Waals surface area contributed by atoms with Crippen LogP contribution in [0.25, 0.3) is 0 Å². The van der Waals surface area contributed by atoms with Crippen LogP contribution in [0.5, 0.6) is 0 Å². The Bertz CT molecular complexity index is 776. The van der Waals surface area contributed by atoms with E-state index in [1.54, 1.807) is 23.0 Å². The van der Waals surface area contributed by atoms with Gasteiger partial charge in [-0.3, -0.25) is 9.59 Å². The van der Waals surface area contributed by atoms with Crippen molar-refractivity contribution < 1.29 is 19.1 Å². The molecule has 8 nitrogen and oxygen atoms in total. The van der Waals surface area contributed by atoms with Crippen molar-refractivity contribution in [2.75, 3.05) is 33.4 Å². The van der Waals surface area contributed by atoms with E-state index in [1.165, 1.54) is 0 Å². The monoisotopic (exact) mass is 374 g/mol. The van der Waals surface area contributed by atoms with E-state index in [2.05, 4.69) is 4.98 Å². The van der Waals surface area contributed by atoms with Crippen molar-refractivity contribution in [1.82, 2.24) is 19.4 Å². The summed E-state index contributed by atoms with van der Waals surface area (Å²) in [7, 11) is 3.65. The third kappa shape index (κ3) is 2.87. The third-order valence-corrected chi connectivity index (χ3v) is 5.85. The molecule has 0 aliphatic carbocycles. The Labute approximate surface area is 158 Å². The van der Waals surface area contributed by atoms with E-state index in [-0.39, 0.29) is 17.9 Å². The molecule has 2 saturated heterocycles. The molecule has 4 rings (SSSR count). The second kappa shape index (κ2) is 6.76. The van der Waals surface area contributed by atoms with Gasteiger partial charge in [-0.25, -0.2) is 4.98 Å². The topological polar surface area (TPSA) is 76.9 Å². The minimum atomic E-state index is -0.668. The molecule has 146 valence electrons. The Morgan fingerprint density at radius 3 is 3.04 bits per heavy atom. The van der Waals surface area contributed by atoms with Gasteiger partial charge in [0.2, 0.25) is 11.8 Å². The van der Waals surface area contributed by atoms with Crippen molar-refractivity contribution in [2.45, 2.75) is 25.2 Å². The summed E-state index contributed by atoms with van der Waals surface area (Å²) in [5.41, 5.74) is -0.668. The highest BCUT2D eigenvalue weighted by atomic mass is 16.5. The molecule has 1 spiro atoms. The molecule has 1 aromatic heterocycles. The number of ether oxygens (including phenoxy) is 2. The molecule has 4 atom stereocenters. The molecule has 0 aromatic carbocycles. The van der Waals surface area contributed by atoms with Gasteiger partial charge in [0.05, 0.1) is 37.6 Å². The molecule has 0 N–H and O–H groups in total. The van der Waals surface area contributed by atoms with Crippen LogP contribution in [0.3, 0.4) is 0 Å². The van der Waals surface area contributed by atoms with Crippen molar-refractivity contribution in [3.8, 4) is 0 Å². The summed E-state index contributed by atoms with van der Waals surface area (Å²) >= 11 is 0. The first kappa shape index (κ1) is 18.2. The van der Waals surface area contributed by atoms with Crippen molar-refractivity contribution >= 4 is 11.8 Å². The molecule has 0 radical (unpaired) electrons. The van der Waals surface area contributed by atoms with E-state index >= 15 is 0 Å². The fourth-order valence-corrected chi connectivity index (χ4v) is 4.46. The number of nitrogens with zero attached hydrogens (tertiary/aromatic N) is 4. The summed E-state index contributed by atoms with van der Waals surface area (Å²) in [6.07, 6.45) is 7.14. The van der Waals surface area contributed by atoms with Gasteiger partial charge < -0.3 is 23.8 Å². The van der Waals surface area contributed by atoms with Gasteiger partial charge in [0, 0.05) is 39.6 Å². The highest BCUT2D eigenvalue weighted by molar-refractivity contribution is 5.92. The average molecular weight is 374 g/mol. The van der Waals surface area contributed by atoms with Gasteiger partial charge in [-0.1, -0.05) is 12.2 Å². The Hall–Kier alpha value is -2.19. The smallest absolute Gasteiger partial charge is 0.230 e. The predicted octanol–water partition coefficient (Wildman–Crippen LogP) is 0.197. The van der Waals surface area contributed by atoms with Gasteiger partial charge in [-0.2, -0.15) is 0 Å². The predicted molar refractivity (Wildman–Crippen MR) is 96.5 cm³/mol. The second-order valence-electron chi connectivity index (χ2n) is 7.51. The molecule has 2 bridgehead atoms. The molecular formula is C19H26N4O4. The molecule has 3 aliphatic rings. The van der Waals surface area contributed by atoms with Crippen LogP contribution in [-0.4, -0.2) is 76.2 Å². The fourth-order valence-electron chi connectivity index (χ4n) is 4.46. The number of aryl methyl sites for hydroxylation is 1. The molecule has 2 fully saturated rings. The van der Waals surface area contributed by atoms with E-state index in [9.17, 15) is 9.59 Å². The Morgan fingerprint density at radius 2 is 2.33 bits per heavy atom. The first-order chi connectivity index (χ1) is 13.0. The fraction of sp³-hybridized carbons (Fsp3) is 0.632. The van der Waals surface area contributed by atoms with Crippen LogP contribution in [-0.2, 0) is 32.7 Å². The lowest BCUT2D eigenvalue weighted by molar-refractivity contribution is -0.143. The summed E-state index contributed by atoms with van der Waals surface area (Å²) in [5.74, 6) is -0.212. The highest BCUT2D eigenvalue weighted by Gasteiger charge is 2.67. The maximum Gasteiger partial charge on any atom is 0.230 e. The maximum absolute atomic E-state index is 13.2. The number of amides is 2. The van der Waals surface area contributed by atoms with Crippen LogP contribution in [0.2, 0.25) is 0 Å². The standard InChI is InChI=1S/C19H26N4O4/c1-4-26-10-9-23-12-19-6-5-13(27-19)15(16(19)18(23)25)17(24)22(3)11-14-20-7-8-21(14)2/h5-8,13,15-16H,4,9-12H2,1-3H3/t13-,15+,16+,19-/m0/s1. The first-order valence-electron chi connectivity index (χ1n) is 9.41. The average Bonchev–Trinajstić information content (AvgIpc) is 3.38. The summed E-state index contributed by atoms with van der Waals surface area (Å²) in [4.78, 5) is 33.9. The Balaban J connectivity index is 1.50. The molecule has 27 heavy (non-hydrogen) atoms. The number of fused-ring (bicyclic) bond motifs is 1. The number of carbonyl (C=O) groups excluding carboxylic acids is 2. The van der Waals surface area contributed by atoms with Gasteiger partial charge in [0.25, 0.3) is 0 Å². The zero-order chi connectivity index (χ0) is 19.2. The quantitative estimate of drug-likeness (QED) is 0.503. The summed E-state index contributed by atoms with van der Waals surface area (Å²) < 4.78 is 13.4. The SMILES string of the molecule is CCOCCN1C[C@]23C=C[C@H](O2)[C@@H](C(=O)N(C)Cc2nccn2C)[C@@H]3C1=O. The van der Waals surface area contributed by atoms with E-state index in [4.69, 9.17) is 9.47 Å². The molecule has 0 unspecified atom stereocenters. The van der Waals surface area contributed by atoms with Crippen LogP contribution < -0.4 is 0 Å². The van der Waals surface area contributed by atoms with Crippen LogP contribution in [0.1, 0.15) is 12.7 Å². The number of rotatable bonds is 7. The van der Waals surface area contributed by atoms with Gasteiger partial charge >= 0.3 is 0 Å². The number of imidazole rings is 1. The number of carbonyl (C=O) groups is 2. The van der Waals surface area contributed by atoms with Gasteiger partial charge in [-0.05, 0) is 6.92 Å². The lowest BCUT2D eigenvalue weighted by Crippen LogP contribution is -2.44. The van der Waals surface area contributed by atoms with E-state index in [0.717, 1.165) is 5.82 Å². The van der Waals surface area contributed by atoms with E-state index < -0.39 is 17.4 Å². The summed E-state index contributed by atoms with van der Waals surface area (Å²) in [6, 6.07) is 0. The number of aromatic nitrogens is 2. The van der Waals surface area contributed by atoms with Crippen LogP contribution >= 0.6 is 0 Å². The lowest BCUT2D eigenvalue weighted by atomic mass is 9.76. The number of likely N-dealkylation sites (tertiary alicyclic amines) is 1. The second-order valence-corrected chi connectivity index (χ2v) is 7.51. The van der Waals surface area contributed by atoms with Crippen LogP contribution in [0.15, 0.2) is 24.5 Å². The molecule has 3 aliphatic heterocycles. The minimum absolute atomic E-state index is 0.00899. The molecule has 4 heterocycles. The normalized spacial score (nSPS) is 31.0. The molecule has 8 heteroatoms. The van der Waals surface area contributed by atoms with Crippen molar-refractivity contribution in [3.63, 3.8) is 0 Å². The van der Waals surface area contributed by atoms with Gasteiger partial charge in [-0.15, -0.1) is 0 Å². The Kier molecular flexibility index (Phi) is 4.55. The van der Waals surface area contributed by atoms with Gasteiger partial charge in [0.15, 0.2) is 0 Å². The van der Waals surface area contributed by atoms with Crippen molar-refractivity contribution in [2.24, 2.45) is 18.9 Å². The summed E-state index contributed by atoms with van der Waals surface area (Å²) in [5, 5.41) is 0. The number of hydrogen-bond acceptors (Lipinski definition) is 5. The maximum atomic E-state index is 13.2. The summed E-state index contributed by atoms with van der Waals surface area (Å²) in [6.45, 7) is 4.46. The largest absolute Gasteiger partial charge is 0.380 e. The van der Waals surface area contributed by atoms with Crippen molar-refractivity contribution in [1.29, 1.82) is 0 Å². The molecular weight excluding hydrogens is 348 g/mol. The zero-order valence-corrected chi connectivity index (χ0v) is 16.0. The van der Waals surface area contributed by atoms with Gasteiger partial charge in [0.1, 0.15) is 11.4 Å². The van der Waals surface area contributed by atoms with Crippen molar-refractivity contribution in [3.05, 3.63) is 30.4 Å². The number of hydrogen-bond donors (Lipinski definition) is 0. The highest BCUT2D eigenvalue weighted by Crippen LogP contribution is 2.52.